The molecule has 0 fully saturated rings. The zero-order chi connectivity index (χ0) is 13.9. The molecular weight excluding hydrogens is 275 g/mol. The van der Waals surface area contributed by atoms with E-state index in [9.17, 15) is 18.0 Å². The number of alkyl halides is 2. The molecule has 0 aliphatic rings. The van der Waals surface area contributed by atoms with Crippen LogP contribution in [-0.2, 0) is 4.84 Å². The van der Waals surface area contributed by atoms with Crippen LogP contribution < -0.4 is 4.74 Å². The van der Waals surface area contributed by atoms with Gasteiger partial charge in [0.25, 0.3) is 5.91 Å². The van der Waals surface area contributed by atoms with E-state index in [1.54, 1.807) is 0 Å². The fraction of sp³-hybridized carbons (Fsp3) is 0.300. The number of hydroxylamine groups is 2. The number of benzene rings is 1. The van der Waals surface area contributed by atoms with Crippen LogP contribution in [0.15, 0.2) is 12.1 Å². The number of hydrogen-bond acceptors (Lipinski definition) is 3. The molecule has 0 unspecified atom stereocenters. The van der Waals surface area contributed by atoms with Crippen LogP contribution >= 0.6 is 11.6 Å². The Morgan fingerprint density at radius 3 is 2.56 bits per heavy atom. The fourth-order valence-corrected chi connectivity index (χ4v) is 1.31. The fourth-order valence-electron chi connectivity index (χ4n) is 1.14. The van der Waals surface area contributed by atoms with Crippen LogP contribution in [0.4, 0.5) is 13.2 Å². The van der Waals surface area contributed by atoms with Gasteiger partial charge in [0.05, 0.1) is 17.7 Å². The van der Waals surface area contributed by atoms with Gasteiger partial charge in [0.2, 0.25) is 0 Å². The first kappa shape index (κ1) is 14.6. The molecule has 8 heteroatoms. The molecule has 1 aromatic carbocycles. The Morgan fingerprint density at radius 2 is 2.06 bits per heavy atom. The molecule has 0 heterocycles. The van der Waals surface area contributed by atoms with Crippen molar-refractivity contribution in [1.29, 1.82) is 0 Å². The van der Waals surface area contributed by atoms with Crippen molar-refractivity contribution >= 4 is 17.5 Å². The van der Waals surface area contributed by atoms with Crippen LogP contribution in [0, 0.1) is 5.82 Å². The summed E-state index contributed by atoms with van der Waals surface area (Å²) in [6.45, 7) is -3.19. The summed E-state index contributed by atoms with van der Waals surface area (Å²) in [7, 11) is 2.46. The van der Waals surface area contributed by atoms with Gasteiger partial charge in [0.1, 0.15) is 11.6 Å². The van der Waals surface area contributed by atoms with Crippen molar-refractivity contribution in [2.75, 3.05) is 14.2 Å². The second kappa shape index (κ2) is 5.92. The minimum absolute atomic E-state index is 0.328. The Kier molecular flexibility index (Phi) is 4.80. The first-order valence-electron chi connectivity index (χ1n) is 4.62. The van der Waals surface area contributed by atoms with E-state index < -0.39 is 24.1 Å². The lowest BCUT2D eigenvalue weighted by Gasteiger charge is -2.16. The van der Waals surface area contributed by atoms with Gasteiger partial charge in [0, 0.05) is 13.1 Å². The molecule has 4 nitrogen and oxygen atoms in total. The third kappa shape index (κ3) is 3.27. The number of carbonyl (C=O) groups is 1. The zero-order valence-electron chi connectivity index (χ0n) is 9.42. The summed E-state index contributed by atoms with van der Waals surface area (Å²) in [6, 6.07) is 1.51. The first-order chi connectivity index (χ1) is 8.36. The number of nitrogens with zero attached hydrogens (tertiary/aromatic N) is 1. The first-order valence-corrected chi connectivity index (χ1v) is 5.00. The third-order valence-corrected chi connectivity index (χ3v) is 2.32. The molecule has 1 rings (SSSR count). The molecule has 0 spiro atoms. The van der Waals surface area contributed by atoms with E-state index in [1.165, 1.54) is 14.2 Å². The van der Waals surface area contributed by atoms with Crippen molar-refractivity contribution in [2.45, 2.75) is 6.61 Å². The second-order valence-electron chi connectivity index (χ2n) is 3.13. The quantitative estimate of drug-likeness (QED) is 0.798. The average molecular weight is 284 g/mol. The lowest BCUT2D eigenvalue weighted by molar-refractivity contribution is -0.0771. The summed E-state index contributed by atoms with van der Waals surface area (Å²) in [4.78, 5) is 16.3. The van der Waals surface area contributed by atoms with Crippen molar-refractivity contribution in [1.82, 2.24) is 5.06 Å². The third-order valence-electron chi connectivity index (χ3n) is 2.03. The minimum atomic E-state index is -3.19. The smallest absolute Gasteiger partial charge is 0.387 e. The molecule has 18 heavy (non-hydrogen) atoms. The van der Waals surface area contributed by atoms with Gasteiger partial charge in [-0.15, -0.1) is 0 Å². The summed E-state index contributed by atoms with van der Waals surface area (Å²) >= 11 is 5.48. The van der Waals surface area contributed by atoms with Crippen molar-refractivity contribution in [2.24, 2.45) is 0 Å². The average Bonchev–Trinajstić information content (AvgIpc) is 2.31. The zero-order valence-corrected chi connectivity index (χ0v) is 10.2. The van der Waals surface area contributed by atoms with E-state index >= 15 is 0 Å². The molecule has 0 N–H and O–H groups in total. The van der Waals surface area contributed by atoms with E-state index in [2.05, 4.69) is 9.57 Å². The number of carbonyl (C=O) groups excluding carboxylic acids is 1. The molecular formula is C10H9ClF3NO3. The predicted molar refractivity (Wildman–Crippen MR) is 57.1 cm³/mol. The van der Waals surface area contributed by atoms with Crippen LogP contribution in [0.25, 0.3) is 0 Å². The van der Waals surface area contributed by atoms with Gasteiger partial charge in [-0.2, -0.15) is 8.78 Å². The molecule has 0 saturated heterocycles. The topological polar surface area (TPSA) is 38.8 Å². The maximum atomic E-state index is 13.1. The van der Waals surface area contributed by atoms with Crippen molar-refractivity contribution in [3.05, 3.63) is 28.5 Å². The molecule has 0 aromatic heterocycles. The van der Waals surface area contributed by atoms with Crippen LogP contribution in [0.3, 0.4) is 0 Å². The van der Waals surface area contributed by atoms with Gasteiger partial charge in [-0.25, -0.2) is 9.45 Å². The van der Waals surface area contributed by atoms with Gasteiger partial charge in [-0.3, -0.25) is 9.63 Å². The van der Waals surface area contributed by atoms with Crippen LogP contribution in [0.5, 0.6) is 5.75 Å². The molecule has 0 atom stereocenters. The van der Waals surface area contributed by atoms with E-state index in [-0.39, 0.29) is 10.6 Å². The normalized spacial score (nSPS) is 10.6. The molecule has 0 aliphatic carbocycles. The summed E-state index contributed by atoms with van der Waals surface area (Å²) in [5, 5.41) is 0.381. The largest absolute Gasteiger partial charge is 0.434 e. The van der Waals surface area contributed by atoms with E-state index in [0.717, 1.165) is 11.1 Å². The number of ether oxygens (including phenoxy) is 1. The van der Waals surface area contributed by atoms with E-state index in [0.29, 0.717) is 6.07 Å². The van der Waals surface area contributed by atoms with Gasteiger partial charge < -0.3 is 4.74 Å². The number of rotatable bonds is 4. The summed E-state index contributed by atoms with van der Waals surface area (Å²) in [5.74, 6) is -2.38. The maximum absolute atomic E-state index is 13.1. The van der Waals surface area contributed by atoms with Gasteiger partial charge in [0.15, 0.2) is 0 Å². The molecule has 0 aliphatic heterocycles. The van der Waals surface area contributed by atoms with Gasteiger partial charge in [-0.05, 0) is 6.07 Å². The maximum Gasteiger partial charge on any atom is 0.387 e. The lowest BCUT2D eigenvalue weighted by Crippen LogP contribution is -2.26. The Bertz CT molecular complexity index is 456. The monoisotopic (exact) mass is 283 g/mol. The highest BCUT2D eigenvalue weighted by Crippen LogP contribution is 2.28. The lowest BCUT2D eigenvalue weighted by atomic mass is 10.2. The van der Waals surface area contributed by atoms with E-state index in [4.69, 9.17) is 11.6 Å². The molecule has 100 valence electrons. The SMILES string of the molecule is CON(C)C(=O)c1cc(Cl)c(F)cc1OC(F)F. The highest BCUT2D eigenvalue weighted by atomic mass is 35.5. The number of hydrogen-bond donors (Lipinski definition) is 0. The van der Waals surface area contributed by atoms with E-state index in [1.807, 2.05) is 0 Å². The molecule has 1 amide bonds. The van der Waals surface area contributed by atoms with Crippen LogP contribution in [-0.4, -0.2) is 31.7 Å². The predicted octanol–water partition coefficient (Wildman–Crippen LogP) is 2.71. The summed E-state index contributed by atoms with van der Waals surface area (Å²) in [6.07, 6.45) is 0. The van der Waals surface area contributed by atoms with Crippen molar-refractivity contribution in [3.8, 4) is 5.75 Å². The molecule has 0 saturated carbocycles. The van der Waals surface area contributed by atoms with Crippen molar-refractivity contribution < 1.29 is 27.5 Å². The number of halogens is 4. The Hall–Kier alpha value is -1.47. The van der Waals surface area contributed by atoms with Crippen molar-refractivity contribution in [3.63, 3.8) is 0 Å². The Morgan fingerprint density at radius 1 is 1.44 bits per heavy atom. The Labute approximate surface area is 106 Å². The minimum Gasteiger partial charge on any atom is -0.434 e. The van der Waals surface area contributed by atoms with Crippen LogP contribution in [0.2, 0.25) is 5.02 Å². The molecule has 1 aromatic rings. The Balaban J connectivity index is 3.22. The van der Waals surface area contributed by atoms with Crippen LogP contribution in [0.1, 0.15) is 10.4 Å². The summed E-state index contributed by atoms with van der Waals surface area (Å²) in [5.41, 5.74) is -0.328. The molecule has 0 radical (unpaired) electrons. The highest BCUT2D eigenvalue weighted by molar-refractivity contribution is 6.31. The standard InChI is InChI=1S/C10H9ClF3NO3/c1-15(17-2)9(16)5-3-6(11)7(12)4-8(5)18-10(13)14/h3-4,10H,1-2H3. The van der Waals surface area contributed by atoms with Gasteiger partial charge in [-0.1, -0.05) is 11.6 Å². The second-order valence-corrected chi connectivity index (χ2v) is 3.53. The summed E-state index contributed by atoms with van der Waals surface area (Å²) < 4.78 is 41.5. The van der Waals surface area contributed by atoms with Gasteiger partial charge >= 0.3 is 6.61 Å². The molecule has 0 bridgehead atoms. The highest BCUT2D eigenvalue weighted by Gasteiger charge is 2.21. The number of amides is 1.